The summed E-state index contributed by atoms with van der Waals surface area (Å²) in [4.78, 5) is 9.33. The Morgan fingerprint density at radius 1 is 1.27 bits per heavy atom. The topological polar surface area (TPSA) is 76.4 Å². The number of halogens is 3. The number of methoxy groups -OCH3 is 1. The zero-order valence-corrected chi connectivity index (χ0v) is 21.6. The molecule has 1 aromatic heterocycles. The molecule has 1 atom stereocenters. The largest absolute Gasteiger partial charge is 0.377 e. The third kappa shape index (κ3) is 5.82. The Balaban J connectivity index is 0.00000306. The Hall–Kier alpha value is -1.82. The summed E-state index contributed by atoms with van der Waals surface area (Å²) in [7, 11) is 1.63. The molecule has 0 amide bonds. The van der Waals surface area contributed by atoms with Crippen LogP contribution in [-0.4, -0.2) is 47.0 Å². The van der Waals surface area contributed by atoms with Crippen LogP contribution in [0.3, 0.4) is 0 Å². The highest BCUT2D eigenvalue weighted by molar-refractivity contribution is 14.0. The number of ether oxygens (including phenoxy) is 1. The van der Waals surface area contributed by atoms with E-state index in [0.29, 0.717) is 38.0 Å². The van der Waals surface area contributed by atoms with Crippen molar-refractivity contribution < 1.29 is 13.5 Å². The van der Waals surface area contributed by atoms with Crippen molar-refractivity contribution in [2.75, 3.05) is 20.2 Å². The first kappa shape index (κ1) is 25.8. The Bertz CT molecular complexity index is 940. The van der Waals surface area contributed by atoms with Crippen molar-refractivity contribution in [2.45, 2.75) is 70.1 Å². The van der Waals surface area contributed by atoms with E-state index in [1.54, 1.807) is 7.11 Å². The van der Waals surface area contributed by atoms with Gasteiger partial charge in [0.2, 0.25) is 0 Å². The standard InChI is InChI=1S/C23H32F2N6O.HI/c1-3-26-22(28-16-9-10-20-29-19(14-32-2)30-31(20)13-16)27-15-23(11-4-5-12-23)21-17(24)7-6-8-18(21)25;/h6-8,16H,3-5,9-15H2,1-2H3,(H2,26,27,28);1H. The van der Waals surface area contributed by atoms with Gasteiger partial charge in [-0.05, 0) is 38.3 Å². The van der Waals surface area contributed by atoms with E-state index >= 15 is 0 Å². The van der Waals surface area contributed by atoms with Crippen molar-refractivity contribution in [3.8, 4) is 0 Å². The van der Waals surface area contributed by atoms with E-state index in [1.165, 1.54) is 18.2 Å². The molecule has 1 saturated carbocycles. The van der Waals surface area contributed by atoms with Gasteiger partial charge in [0, 0.05) is 37.1 Å². The summed E-state index contributed by atoms with van der Waals surface area (Å²) in [5.74, 6) is 1.38. The van der Waals surface area contributed by atoms with Gasteiger partial charge >= 0.3 is 0 Å². The quantitative estimate of drug-likeness (QED) is 0.300. The number of aryl methyl sites for hydroxylation is 1. The Kier molecular flexibility index (Phi) is 9.02. The molecule has 1 unspecified atom stereocenters. The number of guanidine groups is 1. The summed E-state index contributed by atoms with van der Waals surface area (Å²) in [6.45, 7) is 4.14. The maximum absolute atomic E-state index is 14.6. The number of aliphatic imine (C=N–C) groups is 1. The molecule has 2 N–H and O–H groups in total. The van der Waals surface area contributed by atoms with Crippen molar-refractivity contribution in [1.29, 1.82) is 0 Å². The van der Waals surface area contributed by atoms with E-state index < -0.39 is 17.0 Å². The van der Waals surface area contributed by atoms with E-state index in [0.717, 1.165) is 44.3 Å². The molecule has 2 heterocycles. The molecule has 1 aliphatic heterocycles. The van der Waals surface area contributed by atoms with E-state index in [2.05, 4.69) is 20.7 Å². The van der Waals surface area contributed by atoms with Crippen LogP contribution in [0.25, 0.3) is 0 Å². The second kappa shape index (κ2) is 11.5. The lowest BCUT2D eigenvalue weighted by Crippen LogP contribution is -2.47. The monoisotopic (exact) mass is 574 g/mol. The van der Waals surface area contributed by atoms with E-state index in [1.807, 2.05) is 11.6 Å². The summed E-state index contributed by atoms with van der Waals surface area (Å²) in [6.07, 6.45) is 5.11. The van der Waals surface area contributed by atoms with Crippen LogP contribution >= 0.6 is 24.0 Å². The molecule has 0 bridgehead atoms. The van der Waals surface area contributed by atoms with Crippen LogP contribution < -0.4 is 10.6 Å². The first-order valence-corrected chi connectivity index (χ1v) is 11.5. The number of nitrogens with zero attached hydrogens (tertiary/aromatic N) is 4. The fourth-order valence-corrected chi connectivity index (χ4v) is 4.96. The van der Waals surface area contributed by atoms with Crippen LogP contribution in [0.2, 0.25) is 0 Å². The zero-order chi connectivity index (χ0) is 22.6. The van der Waals surface area contributed by atoms with E-state index in [4.69, 9.17) is 9.73 Å². The highest BCUT2D eigenvalue weighted by Crippen LogP contribution is 2.43. The van der Waals surface area contributed by atoms with Crippen LogP contribution in [0.1, 0.15) is 56.2 Å². The molecular formula is C23H33F2IN6O. The predicted octanol–water partition coefficient (Wildman–Crippen LogP) is 3.70. The first-order valence-electron chi connectivity index (χ1n) is 11.5. The van der Waals surface area contributed by atoms with Crippen LogP contribution in [0.5, 0.6) is 0 Å². The number of nitrogens with one attached hydrogen (secondary N) is 2. The number of aromatic nitrogens is 3. The second-order valence-electron chi connectivity index (χ2n) is 8.72. The molecule has 7 nitrogen and oxygen atoms in total. The number of hydrogen-bond acceptors (Lipinski definition) is 4. The molecule has 33 heavy (non-hydrogen) atoms. The van der Waals surface area contributed by atoms with Gasteiger partial charge in [-0.15, -0.1) is 24.0 Å². The summed E-state index contributed by atoms with van der Waals surface area (Å²) in [6, 6.07) is 4.26. The Morgan fingerprint density at radius 2 is 2.00 bits per heavy atom. The zero-order valence-electron chi connectivity index (χ0n) is 19.2. The first-order chi connectivity index (χ1) is 15.5. The molecule has 2 aliphatic rings. The lowest BCUT2D eigenvalue weighted by atomic mass is 9.78. The molecule has 182 valence electrons. The predicted molar refractivity (Wildman–Crippen MR) is 134 cm³/mol. The van der Waals surface area contributed by atoms with Crippen LogP contribution in [-0.2, 0) is 29.7 Å². The van der Waals surface area contributed by atoms with Gasteiger partial charge < -0.3 is 15.4 Å². The van der Waals surface area contributed by atoms with Gasteiger partial charge in [-0.25, -0.2) is 18.4 Å². The van der Waals surface area contributed by atoms with Gasteiger partial charge in [-0.2, -0.15) is 5.10 Å². The van der Waals surface area contributed by atoms with Gasteiger partial charge in [0.15, 0.2) is 11.8 Å². The fraction of sp³-hybridized carbons (Fsp3) is 0.609. The van der Waals surface area contributed by atoms with E-state index in [-0.39, 0.29) is 35.6 Å². The van der Waals surface area contributed by atoms with Crippen molar-refractivity contribution in [3.05, 3.63) is 47.0 Å². The van der Waals surface area contributed by atoms with Gasteiger partial charge in [0.1, 0.15) is 24.1 Å². The minimum absolute atomic E-state index is 0. The molecule has 1 aliphatic carbocycles. The normalized spacial score (nSPS) is 19.6. The summed E-state index contributed by atoms with van der Waals surface area (Å²) < 4.78 is 36.4. The average molecular weight is 574 g/mol. The maximum atomic E-state index is 14.6. The highest BCUT2D eigenvalue weighted by Gasteiger charge is 2.40. The number of fused-ring (bicyclic) bond motifs is 1. The van der Waals surface area contributed by atoms with Crippen LogP contribution in [0, 0.1) is 11.6 Å². The second-order valence-corrected chi connectivity index (χ2v) is 8.72. The van der Waals surface area contributed by atoms with Gasteiger partial charge in [-0.1, -0.05) is 18.9 Å². The Morgan fingerprint density at radius 3 is 2.67 bits per heavy atom. The van der Waals surface area contributed by atoms with Crippen molar-refractivity contribution in [2.24, 2.45) is 4.99 Å². The SMILES string of the molecule is CCNC(=NCC1(c2c(F)cccc2F)CCCC1)NC1CCc2nc(COC)nn2C1.I. The number of rotatable bonds is 7. The molecular weight excluding hydrogens is 541 g/mol. The average Bonchev–Trinajstić information content (AvgIpc) is 3.39. The molecule has 4 rings (SSSR count). The third-order valence-corrected chi connectivity index (χ3v) is 6.45. The van der Waals surface area contributed by atoms with Crippen molar-refractivity contribution >= 4 is 29.9 Å². The molecule has 1 aromatic carbocycles. The van der Waals surface area contributed by atoms with Gasteiger partial charge in [0.25, 0.3) is 0 Å². The summed E-state index contributed by atoms with van der Waals surface area (Å²) in [5, 5.41) is 11.3. The van der Waals surface area contributed by atoms with Gasteiger partial charge in [-0.3, -0.25) is 4.99 Å². The lowest BCUT2D eigenvalue weighted by Gasteiger charge is -2.30. The number of benzene rings is 1. The minimum Gasteiger partial charge on any atom is -0.377 e. The minimum atomic E-state index is -0.599. The van der Waals surface area contributed by atoms with Crippen LogP contribution in [0.4, 0.5) is 8.78 Å². The van der Waals surface area contributed by atoms with Crippen LogP contribution in [0.15, 0.2) is 23.2 Å². The molecule has 0 saturated heterocycles. The van der Waals surface area contributed by atoms with Gasteiger partial charge in [0.05, 0.1) is 13.1 Å². The molecule has 2 aromatic rings. The molecule has 10 heteroatoms. The summed E-state index contributed by atoms with van der Waals surface area (Å²) in [5.41, 5.74) is -0.411. The fourth-order valence-electron chi connectivity index (χ4n) is 4.96. The highest BCUT2D eigenvalue weighted by atomic mass is 127. The Labute approximate surface area is 210 Å². The molecule has 0 radical (unpaired) electrons. The maximum Gasteiger partial charge on any atom is 0.191 e. The lowest BCUT2D eigenvalue weighted by molar-refractivity contribution is 0.177. The van der Waals surface area contributed by atoms with E-state index in [9.17, 15) is 8.78 Å². The third-order valence-electron chi connectivity index (χ3n) is 6.45. The number of hydrogen-bond donors (Lipinski definition) is 2. The molecule has 0 spiro atoms. The smallest absolute Gasteiger partial charge is 0.191 e. The molecule has 1 fully saturated rings. The summed E-state index contributed by atoms with van der Waals surface area (Å²) >= 11 is 0. The van der Waals surface area contributed by atoms with Crippen molar-refractivity contribution in [1.82, 2.24) is 25.4 Å². The van der Waals surface area contributed by atoms with Crippen molar-refractivity contribution in [3.63, 3.8) is 0 Å².